The van der Waals surface area contributed by atoms with Crippen LogP contribution in [-0.4, -0.2) is 0 Å². The van der Waals surface area contributed by atoms with E-state index in [4.69, 9.17) is 0 Å². The standard InChI is InChI=1S/C15H20/c1-3-12-8-15(9-13(12)10-15)14-6-4-11(2)5-7-14/h4-7,12-13H,3,8-10H2,1-2H3. The van der Waals surface area contributed by atoms with Gasteiger partial charge in [0.15, 0.2) is 0 Å². The Kier molecular flexibility index (Phi) is 1.95. The smallest absolute Gasteiger partial charge is 0.00388 e. The first-order valence-electron chi connectivity index (χ1n) is 6.31. The summed E-state index contributed by atoms with van der Waals surface area (Å²) in [6.45, 7) is 4.53. The minimum Gasteiger partial charge on any atom is -0.0651 e. The molecule has 3 fully saturated rings. The van der Waals surface area contributed by atoms with E-state index in [1.165, 1.54) is 31.2 Å². The Bertz CT molecular complexity index is 354. The molecule has 1 unspecified atom stereocenters. The zero-order chi connectivity index (χ0) is 10.5. The highest BCUT2D eigenvalue weighted by atomic mass is 14.6. The van der Waals surface area contributed by atoms with Crippen molar-refractivity contribution in [2.45, 2.75) is 44.9 Å². The van der Waals surface area contributed by atoms with E-state index >= 15 is 0 Å². The summed E-state index contributed by atoms with van der Waals surface area (Å²) in [6.07, 6.45) is 5.78. The van der Waals surface area contributed by atoms with Crippen LogP contribution in [0.15, 0.2) is 24.3 Å². The summed E-state index contributed by atoms with van der Waals surface area (Å²) >= 11 is 0. The summed E-state index contributed by atoms with van der Waals surface area (Å²) in [5.74, 6) is 2.07. The maximum absolute atomic E-state index is 2.36. The fourth-order valence-corrected chi connectivity index (χ4v) is 3.85. The Morgan fingerprint density at radius 2 is 1.80 bits per heavy atom. The number of hydrogen-bond donors (Lipinski definition) is 0. The Balaban J connectivity index is 1.87. The lowest BCUT2D eigenvalue weighted by Gasteiger charge is -2.39. The van der Waals surface area contributed by atoms with E-state index < -0.39 is 0 Å². The van der Waals surface area contributed by atoms with Crippen molar-refractivity contribution in [2.24, 2.45) is 11.8 Å². The molecule has 4 rings (SSSR count). The molecule has 80 valence electrons. The molecule has 3 aliphatic carbocycles. The van der Waals surface area contributed by atoms with Gasteiger partial charge in [-0.3, -0.25) is 0 Å². The highest BCUT2D eigenvalue weighted by Crippen LogP contribution is 2.63. The van der Waals surface area contributed by atoms with Gasteiger partial charge in [-0.2, -0.15) is 0 Å². The third kappa shape index (κ3) is 1.27. The summed E-state index contributed by atoms with van der Waals surface area (Å²) in [5, 5.41) is 0. The zero-order valence-corrected chi connectivity index (χ0v) is 9.79. The fraction of sp³-hybridized carbons (Fsp3) is 0.600. The van der Waals surface area contributed by atoms with E-state index in [2.05, 4.69) is 38.1 Å². The summed E-state index contributed by atoms with van der Waals surface area (Å²) in [6, 6.07) is 9.28. The molecule has 1 aromatic rings. The van der Waals surface area contributed by atoms with Gasteiger partial charge < -0.3 is 0 Å². The maximum atomic E-state index is 2.36. The van der Waals surface area contributed by atoms with Gasteiger partial charge in [-0.05, 0) is 49.0 Å². The number of hydrogen-bond acceptors (Lipinski definition) is 0. The van der Waals surface area contributed by atoms with Gasteiger partial charge in [0.2, 0.25) is 0 Å². The summed E-state index contributed by atoms with van der Waals surface area (Å²) < 4.78 is 0. The van der Waals surface area contributed by atoms with Crippen LogP contribution in [0.5, 0.6) is 0 Å². The van der Waals surface area contributed by atoms with Gasteiger partial charge in [0.1, 0.15) is 0 Å². The number of aryl methyl sites for hydroxylation is 1. The molecular formula is C15H20. The summed E-state index contributed by atoms with van der Waals surface area (Å²) in [5.41, 5.74) is 3.59. The monoisotopic (exact) mass is 200 g/mol. The lowest BCUT2D eigenvalue weighted by atomic mass is 9.65. The first-order valence-corrected chi connectivity index (χ1v) is 6.31. The molecule has 15 heavy (non-hydrogen) atoms. The van der Waals surface area contributed by atoms with Crippen molar-refractivity contribution in [3.63, 3.8) is 0 Å². The molecule has 0 heterocycles. The summed E-state index contributed by atoms with van der Waals surface area (Å²) in [4.78, 5) is 0. The van der Waals surface area contributed by atoms with Crippen molar-refractivity contribution in [1.29, 1.82) is 0 Å². The van der Waals surface area contributed by atoms with Gasteiger partial charge in [0.25, 0.3) is 0 Å². The molecule has 0 aromatic heterocycles. The largest absolute Gasteiger partial charge is 0.0651 e. The van der Waals surface area contributed by atoms with Crippen molar-refractivity contribution >= 4 is 0 Å². The van der Waals surface area contributed by atoms with Crippen LogP contribution in [0.2, 0.25) is 0 Å². The van der Waals surface area contributed by atoms with E-state index in [1.54, 1.807) is 5.56 Å². The average molecular weight is 200 g/mol. The van der Waals surface area contributed by atoms with Gasteiger partial charge in [-0.1, -0.05) is 43.2 Å². The molecule has 1 aromatic carbocycles. The zero-order valence-electron chi connectivity index (χ0n) is 9.79. The molecular weight excluding hydrogens is 180 g/mol. The number of rotatable bonds is 2. The van der Waals surface area contributed by atoms with E-state index in [9.17, 15) is 0 Å². The van der Waals surface area contributed by atoms with Crippen molar-refractivity contribution in [3.8, 4) is 0 Å². The molecule has 2 bridgehead atoms. The first kappa shape index (κ1) is 9.45. The van der Waals surface area contributed by atoms with Crippen LogP contribution in [0.25, 0.3) is 0 Å². The molecule has 1 atom stereocenters. The molecule has 3 aliphatic rings. The lowest BCUT2D eigenvalue weighted by molar-refractivity contribution is 0.226. The Labute approximate surface area is 92.7 Å². The van der Waals surface area contributed by atoms with E-state index in [0.717, 1.165) is 11.8 Å². The second-order valence-corrected chi connectivity index (χ2v) is 5.69. The van der Waals surface area contributed by atoms with Gasteiger partial charge in [-0.25, -0.2) is 0 Å². The van der Waals surface area contributed by atoms with Crippen LogP contribution in [0, 0.1) is 18.8 Å². The Morgan fingerprint density at radius 3 is 2.33 bits per heavy atom. The second-order valence-electron chi connectivity index (χ2n) is 5.69. The van der Waals surface area contributed by atoms with E-state index in [0.29, 0.717) is 5.41 Å². The summed E-state index contributed by atoms with van der Waals surface area (Å²) in [7, 11) is 0. The molecule has 0 saturated heterocycles. The molecule has 0 nitrogen and oxygen atoms in total. The lowest BCUT2D eigenvalue weighted by Crippen LogP contribution is -2.32. The number of fused-ring (bicyclic) bond motifs is 1. The predicted octanol–water partition coefficient (Wildman–Crippen LogP) is 4.07. The highest BCUT2D eigenvalue weighted by molar-refractivity contribution is 5.34. The van der Waals surface area contributed by atoms with Crippen LogP contribution in [0.1, 0.15) is 43.7 Å². The SMILES string of the molecule is CCC1CC2(c3ccc(C)cc3)CC1C2. The molecule has 0 N–H and O–H groups in total. The quantitative estimate of drug-likeness (QED) is 0.675. The maximum Gasteiger partial charge on any atom is -0.00388 e. The molecule has 3 saturated carbocycles. The third-order valence-electron chi connectivity index (χ3n) is 4.81. The topological polar surface area (TPSA) is 0 Å². The fourth-order valence-electron chi connectivity index (χ4n) is 3.85. The Hall–Kier alpha value is -0.780. The van der Waals surface area contributed by atoms with Crippen molar-refractivity contribution < 1.29 is 0 Å². The Morgan fingerprint density at radius 1 is 1.13 bits per heavy atom. The van der Waals surface area contributed by atoms with Crippen molar-refractivity contribution in [1.82, 2.24) is 0 Å². The van der Waals surface area contributed by atoms with Gasteiger partial charge in [0, 0.05) is 0 Å². The first-order chi connectivity index (χ1) is 7.23. The van der Waals surface area contributed by atoms with Crippen molar-refractivity contribution in [2.75, 3.05) is 0 Å². The minimum absolute atomic E-state index is 0.596. The van der Waals surface area contributed by atoms with Crippen LogP contribution in [0.3, 0.4) is 0 Å². The normalized spacial score (nSPS) is 37.7. The highest BCUT2D eigenvalue weighted by Gasteiger charge is 2.55. The van der Waals surface area contributed by atoms with Gasteiger partial charge in [-0.15, -0.1) is 0 Å². The molecule has 0 aliphatic heterocycles. The van der Waals surface area contributed by atoms with E-state index in [1.807, 2.05) is 0 Å². The molecule has 0 amide bonds. The predicted molar refractivity (Wildman–Crippen MR) is 64.0 cm³/mol. The third-order valence-corrected chi connectivity index (χ3v) is 4.81. The second kappa shape index (κ2) is 3.10. The van der Waals surface area contributed by atoms with Crippen LogP contribution < -0.4 is 0 Å². The molecule has 0 radical (unpaired) electrons. The minimum atomic E-state index is 0.596. The van der Waals surface area contributed by atoms with Crippen LogP contribution in [-0.2, 0) is 5.41 Å². The number of benzene rings is 1. The van der Waals surface area contributed by atoms with Gasteiger partial charge >= 0.3 is 0 Å². The van der Waals surface area contributed by atoms with Crippen molar-refractivity contribution in [3.05, 3.63) is 35.4 Å². The van der Waals surface area contributed by atoms with Gasteiger partial charge in [0.05, 0.1) is 0 Å². The molecule has 0 spiro atoms. The van der Waals surface area contributed by atoms with Crippen LogP contribution >= 0.6 is 0 Å². The average Bonchev–Trinajstić information content (AvgIpc) is 2.73. The van der Waals surface area contributed by atoms with E-state index in [-0.39, 0.29) is 0 Å². The molecule has 0 heteroatoms. The van der Waals surface area contributed by atoms with Crippen LogP contribution in [0.4, 0.5) is 0 Å².